The van der Waals surface area contributed by atoms with Crippen LogP contribution in [0, 0.1) is 6.92 Å². The molecule has 18 aromatic carbocycles. The molecule has 0 aliphatic rings. The Balaban J connectivity index is 0.000000142. The van der Waals surface area contributed by atoms with Crippen molar-refractivity contribution < 1.29 is 0 Å². The number of para-hydroxylation sites is 2. The second kappa shape index (κ2) is 25.7. The van der Waals surface area contributed by atoms with Gasteiger partial charge in [0.05, 0.1) is 22.1 Å². The number of aryl methyl sites for hydroxylation is 1. The van der Waals surface area contributed by atoms with E-state index in [4.69, 9.17) is 0 Å². The quantitative estimate of drug-likeness (QED) is 0.121. The van der Waals surface area contributed by atoms with E-state index in [0.29, 0.717) is 0 Å². The summed E-state index contributed by atoms with van der Waals surface area (Å²) >= 11 is 0. The van der Waals surface area contributed by atoms with E-state index >= 15 is 0 Å². The highest BCUT2D eigenvalue weighted by molar-refractivity contribution is 6.23. The third kappa shape index (κ3) is 10.6. The van der Waals surface area contributed by atoms with Gasteiger partial charge in [-0.25, -0.2) is 0 Å². The van der Waals surface area contributed by atoms with Gasteiger partial charge in [0.25, 0.3) is 0 Å². The largest absolute Gasteiger partial charge is 0.309 e. The lowest BCUT2D eigenvalue weighted by Crippen LogP contribution is -1.95. The molecule has 0 radical (unpaired) electrons. The van der Waals surface area contributed by atoms with E-state index in [-0.39, 0.29) is 0 Å². The number of hydrogen-bond donors (Lipinski definition) is 0. The third-order valence-electron chi connectivity index (χ3n) is 21.1. The Bertz CT molecular complexity index is 6570. The van der Waals surface area contributed by atoms with Gasteiger partial charge in [-0.3, -0.25) is 0 Å². The summed E-state index contributed by atoms with van der Waals surface area (Å²) in [4.78, 5) is 0. The number of rotatable bonds is 10. The summed E-state index contributed by atoms with van der Waals surface area (Å²) in [6, 6.07) is 144. The van der Waals surface area contributed by atoms with Gasteiger partial charge < -0.3 is 9.13 Å². The smallest absolute Gasteiger partial charge is 0.0541 e. The topological polar surface area (TPSA) is 9.86 Å². The Morgan fingerprint density at radius 2 is 0.408 bits per heavy atom. The summed E-state index contributed by atoms with van der Waals surface area (Å²) in [6.07, 6.45) is 0. The van der Waals surface area contributed by atoms with Crippen LogP contribution < -0.4 is 0 Å². The summed E-state index contributed by atoms with van der Waals surface area (Å²) < 4.78 is 4.83. The van der Waals surface area contributed by atoms with Gasteiger partial charge in [0, 0.05) is 32.9 Å². The van der Waals surface area contributed by atoms with E-state index < -0.39 is 0 Å². The molecule has 0 N–H and O–H groups in total. The van der Waals surface area contributed by atoms with Gasteiger partial charge in [-0.1, -0.05) is 339 Å². The van der Waals surface area contributed by atoms with Crippen LogP contribution in [0.4, 0.5) is 0 Å². The predicted octanol–water partition coefficient (Wildman–Crippen LogP) is 27.8. The molecule has 0 unspecified atom stereocenters. The van der Waals surface area contributed by atoms with Crippen LogP contribution in [0.5, 0.6) is 0 Å². The second-order valence-corrected chi connectivity index (χ2v) is 27.0. The van der Waals surface area contributed by atoms with Crippen molar-refractivity contribution in [2.24, 2.45) is 0 Å². The van der Waals surface area contributed by atoms with Gasteiger partial charge in [0.2, 0.25) is 0 Å². The predicted molar refractivity (Wildman–Crippen MR) is 440 cm³/mol. The summed E-state index contributed by atoms with van der Waals surface area (Å²) in [5.41, 5.74) is 28.3. The van der Waals surface area contributed by atoms with Crippen molar-refractivity contribution in [1.29, 1.82) is 0 Å². The van der Waals surface area contributed by atoms with E-state index in [9.17, 15) is 0 Å². The highest BCUT2D eigenvalue weighted by Crippen LogP contribution is 2.48. The van der Waals surface area contributed by atoms with Gasteiger partial charge in [-0.2, -0.15) is 0 Å². The Morgan fingerprint density at radius 1 is 0.155 bits per heavy atom. The van der Waals surface area contributed by atoms with E-state index in [1.807, 2.05) is 0 Å². The number of aromatic nitrogens is 2. The molecular formula is C101H68N2. The fourth-order valence-corrected chi connectivity index (χ4v) is 16.5. The van der Waals surface area contributed by atoms with Crippen LogP contribution in [0.25, 0.3) is 187 Å². The number of nitrogens with zero attached hydrogens (tertiary/aromatic N) is 2. The first-order valence-corrected chi connectivity index (χ1v) is 35.6. The maximum absolute atomic E-state index is 2.42. The Hall–Kier alpha value is -13.4. The zero-order chi connectivity index (χ0) is 68.3. The van der Waals surface area contributed by atoms with Gasteiger partial charge in [-0.05, 0) is 200 Å². The maximum atomic E-state index is 2.42. The van der Waals surface area contributed by atoms with E-state index in [1.165, 1.54) is 181 Å². The van der Waals surface area contributed by atoms with Gasteiger partial charge in [-0.15, -0.1) is 0 Å². The normalized spacial score (nSPS) is 11.5. The van der Waals surface area contributed by atoms with E-state index in [2.05, 4.69) is 410 Å². The standard InChI is InChI=1S/C51H35N.C50H33N/c1-34-24-30-45-47(32-34)51(36-16-6-3-7-17-36)44-22-11-10-21-43(44)50(45)37-25-28-39(29-26-37)52-48-23-13-12-20-42(48)46-33-38(27-31-49(46)52)41-19-9-8-18-40(41)35-14-4-2-5-15-35;1-3-15-34(16-4-1)39-19-7-8-20-40(39)37-29-32-48-46(33-37)41-21-13-14-26-47(41)51(48)38-30-27-36(28-31-38)50-44-24-11-9-22-42(44)49(35-17-5-2-6-18-35)43-23-10-12-25-45(43)50/h2-33H,1H3;1-33H. The lowest BCUT2D eigenvalue weighted by atomic mass is 9.85. The highest BCUT2D eigenvalue weighted by atomic mass is 15.0. The lowest BCUT2D eigenvalue weighted by molar-refractivity contribution is 1.18. The molecule has 2 heteroatoms. The molecule has 0 fully saturated rings. The molecule has 0 spiro atoms. The van der Waals surface area contributed by atoms with Crippen molar-refractivity contribution >= 4 is 86.7 Å². The molecular weight excluding hydrogens is 1240 g/mol. The average Bonchev–Trinajstić information content (AvgIpc) is 1.75. The first-order valence-electron chi connectivity index (χ1n) is 35.6. The molecule has 0 aliphatic heterocycles. The fourth-order valence-electron chi connectivity index (χ4n) is 16.5. The van der Waals surface area contributed by atoms with Crippen molar-refractivity contribution in [2.45, 2.75) is 6.92 Å². The summed E-state index contributed by atoms with van der Waals surface area (Å²) in [6.45, 7) is 2.19. The Labute approximate surface area is 599 Å². The van der Waals surface area contributed by atoms with Crippen LogP contribution in [-0.2, 0) is 0 Å². The molecule has 20 rings (SSSR count). The van der Waals surface area contributed by atoms with Crippen molar-refractivity contribution in [3.8, 4) is 100 Å². The van der Waals surface area contributed by atoms with E-state index in [1.54, 1.807) is 0 Å². The molecule has 0 amide bonds. The molecule has 2 heterocycles. The summed E-state index contributed by atoms with van der Waals surface area (Å²) in [5.74, 6) is 0. The van der Waals surface area contributed by atoms with Crippen LogP contribution in [0.1, 0.15) is 5.56 Å². The van der Waals surface area contributed by atoms with Crippen molar-refractivity contribution in [3.05, 3.63) is 400 Å². The first-order chi connectivity index (χ1) is 51.1. The average molecular weight is 1310 g/mol. The SMILES string of the molecule is Cc1ccc2c(-c3ccc(-n4c5ccccc5c5cc(-c6ccccc6-c6ccccc6)ccc54)cc3)c3ccccc3c(-c3ccccc3)c2c1.c1ccc(-c2ccccc2-c2ccc3c(c2)c2ccccc2n3-c2ccc(-c3c4ccccc4c(-c4ccccc4)c4ccccc34)cc2)cc1. The monoisotopic (exact) mass is 1310 g/mol. The van der Waals surface area contributed by atoms with Crippen LogP contribution in [0.3, 0.4) is 0 Å². The molecule has 20 aromatic rings. The van der Waals surface area contributed by atoms with Gasteiger partial charge in [0.15, 0.2) is 0 Å². The second-order valence-electron chi connectivity index (χ2n) is 27.0. The molecule has 0 saturated carbocycles. The van der Waals surface area contributed by atoms with Crippen LogP contribution in [0.15, 0.2) is 394 Å². The van der Waals surface area contributed by atoms with Crippen molar-refractivity contribution in [1.82, 2.24) is 9.13 Å². The molecule has 0 bridgehead atoms. The molecule has 0 saturated heterocycles. The maximum Gasteiger partial charge on any atom is 0.0541 e. The van der Waals surface area contributed by atoms with Crippen LogP contribution in [-0.4, -0.2) is 9.13 Å². The molecule has 2 aromatic heterocycles. The third-order valence-corrected chi connectivity index (χ3v) is 21.1. The van der Waals surface area contributed by atoms with E-state index in [0.717, 1.165) is 11.4 Å². The minimum Gasteiger partial charge on any atom is -0.309 e. The molecule has 103 heavy (non-hydrogen) atoms. The zero-order valence-corrected chi connectivity index (χ0v) is 56.9. The molecule has 0 atom stereocenters. The fraction of sp³-hybridized carbons (Fsp3) is 0.00990. The zero-order valence-electron chi connectivity index (χ0n) is 56.9. The lowest BCUT2D eigenvalue weighted by Gasteiger charge is -2.18. The molecule has 0 aliphatic carbocycles. The van der Waals surface area contributed by atoms with Crippen molar-refractivity contribution in [2.75, 3.05) is 0 Å². The first kappa shape index (κ1) is 60.8. The van der Waals surface area contributed by atoms with Crippen LogP contribution in [0.2, 0.25) is 0 Å². The Kier molecular flexibility index (Phi) is 15.2. The van der Waals surface area contributed by atoms with Gasteiger partial charge >= 0.3 is 0 Å². The van der Waals surface area contributed by atoms with Crippen molar-refractivity contribution in [3.63, 3.8) is 0 Å². The summed E-state index contributed by atoms with van der Waals surface area (Å²) in [7, 11) is 0. The number of benzene rings is 18. The number of fused-ring (bicyclic) bond motifs is 10. The summed E-state index contributed by atoms with van der Waals surface area (Å²) in [5, 5.41) is 15.2. The molecule has 2 nitrogen and oxygen atoms in total. The highest BCUT2D eigenvalue weighted by Gasteiger charge is 2.22. The van der Waals surface area contributed by atoms with Gasteiger partial charge in [0.1, 0.15) is 0 Å². The molecule has 482 valence electrons. The Morgan fingerprint density at radius 3 is 0.767 bits per heavy atom. The number of hydrogen-bond acceptors (Lipinski definition) is 0. The minimum absolute atomic E-state index is 1.15. The van der Waals surface area contributed by atoms with Crippen LogP contribution >= 0.6 is 0 Å². The minimum atomic E-state index is 1.15.